The van der Waals surface area contributed by atoms with E-state index in [9.17, 15) is 9.59 Å². The molecule has 5 nitrogen and oxygen atoms in total. The van der Waals surface area contributed by atoms with Gasteiger partial charge in [0.25, 0.3) is 5.91 Å². The number of carboxylic acids is 1. The summed E-state index contributed by atoms with van der Waals surface area (Å²) in [6.07, 6.45) is -0.0341. The van der Waals surface area contributed by atoms with Gasteiger partial charge in [0.1, 0.15) is 0 Å². The Hall–Kier alpha value is -1.88. The summed E-state index contributed by atoms with van der Waals surface area (Å²) in [4.78, 5) is 24.4. The summed E-state index contributed by atoms with van der Waals surface area (Å²) in [6, 6.07) is 5.52. The second kappa shape index (κ2) is 5.84. The molecule has 1 aliphatic heterocycles. The van der Waals surface area contributed by atoms with E-state index in [1.807, 2.05) is 19.1 Å². The van der Waals surface area contributed by atoms with Crippen LogP contribution in [-0.2, 0) is 22.7 Å². The number of ether oxygens (including phenoxy) is 1. The number of carbonyl (C=O) groups is 2. The van der Waals surface area contributed by atoms with Crippen molar-refractivity contribution in [1.82, 2.24) is 4.90 Å². The molecule has 0 aliphatic carbocycles. The molecule has 5 heteroatoms. The van der Waals surface area contributed by atoms with E-state index in [0.717, 1.165) is 11.1 Å². The molecule has 0 bridgehead atoms. The topological polar surface area (TPSA) is 66.8 Å². The zero-order valence-electron chi connectivity index (χ0n) is 10.9. The van der Waals surface area contributed by atoms with Crippen LogP contribution in [0.3, 0.4) is 0 Å². The molecule has 1 heterocycles. The fourth-order valence-corrected chi connectivity index (χ4v) is 2.12. The van der Waals surface area contributed by atoms with E-state index in [1.165, 1.54) is 0 Å². The van der Waals surface area contributed by atoms with Crippen LogP contribution in [-0.4, -0.2) is 35.0 Å². The Kier molecular flexibility index (Phi) is 4.16. The monoisotopic (exact) mass is 263 g/mol. The molecule has 0 fully saturated rings. The Balaban J connectivity index is 2.11. The predicted octanol–water partition coefficient (Wildman–Crippen LogP) is 1.65. The maximum atomic E-state index is 12.3. The molecule has 102 valence electrons. The summed E-state index contributed by atoms with van der Waals surface area (Å²) in [7, 11) is 0. The first-order valence-electron chi connectivity index (χ1n) is 6.32. The number of benzene rings is 1. The number of hydrogen-bond donors (Lipinski definition) is 1. The predicted molar refractivity (Wildman–Crippen MR) is 68.8 cm³/mol. The second-order valence-corrected chi connectivity index (χ2v) is 4.50. The minimum Gasteiger partial charge on any atom is -0.481 e. The van der Waals surface area contributed by atoms with E-state index >= 15 is 0 Å². The maximum absolute atomic E-state index is 12.3. The van der Waals surface area contributed by atoms with Crippen molar-refractivity contribution < 1.29 is 19.4 Å². The lowest BCUT2D eigenvalue weighted by atomic mass is 10.1. The van der Waals surface area contributed by atoms with Crippen LogP contribution in [0.1, 0.15) is 34.8 Å². The van der Waals surface area contributed by atoms with Gasteiger partial charge in [-0.2, -0.15) is 0 Å². The van der Waals surface area contributed by atoms with Gasteiger partial charge in [0.15, 0.2) is 0 Å². The summed E-state index contributed by atoms with van der Waals surface area (Å²) in [6.45, 7) is 3.71. The summed E-state index contributed by atoms with van der Waals surface area (Å²) < 4.78 is 5.31. The molecule has 1 aromatic rings. The molecular weight excluding hydrogens is 246 g/mol. The number of carbonyl (C=O) groups excluding carboxylic acids is 1. The number of rotatable bonds is 5. The van der Waals surface area contributed by atoms with E-state index in [-0.39, 0.29) is 18.9 Å². The van der Waals surface area contributed by atoms with Crippen LogP contribution >= 0.6 is 0 Å². The van der Waals surface area contributed by atoms with Crippen molar-refractivity contribution in [1.29, 1.82) is 0 Å². The Labute approximate surface area is 111 Å². The SMILES string of the molecule is CCN(CCC(=O)O)C(=O)c1ccc2c(c1)COC2. The zero-order chi connectivity index (χ0) is 13.8. The molecule has 0 radical (unpaired) electrons. The highest BCUT2D eigenvalue weighted by atomic mass is 16.5. The Morgan fingerprint density at radius 2 is 2.05 bits per heavy atom. The molecule has 1 N–H and O–H groups in total. The molecule has 1 aliphatic rings. The van der Waals surface area contributed by atoms with Crippen molar-refractivity contribution >= 4 is 11.9 Å². The highest BCUT2D eigenvalue weighted by Gasteiger charge is 2.18. The molecule has 0 unspecified atom stereocenters. The summed E-state index contributed by atoms with van der Waals surface area (Å²) in [5.74, 6) is -1.02. The average Bonchev–Trinajstić information content (AvgIpc) is 2.85. The van der Waals surface area contributed by atoms with Crippen LogP contribution in [0.15, 0.2) is 18.2 Å². The van der Waals surface area contributed by atoms with E-state index in [0.29, 0.717) is 25.3 Å². The Bertz CT molecular complexity index is 498. The minimum absolute atomic E-state index is 0.0341. The number of amides is 1. The molecular formula is C14H17NO4. The van der Waals surface area contributed by atoms with Crippen LogP contribution in [0.5, 0.6) is 0 Å². The molecule has 1 amide bonds. The number of aliphatic carboxylic acids is 1. The summed E-state index contributed by atoms with van der Waals surface area (Å²) in [5, 5.41) is 8.68. The van der Waals surface area contributed by atoms with Gasteiger partial charge in [-0.15, -0.1) is 0 Å². The van der Waals surface area contributed by atoms with Gasteiger partial charge in [-0.05, 0) is 30.2 Å². The van der Waals surface area contributed by atoms with Crippen LogP contribution < -0.4 is 0 Å². The van der Waals surface area contributed by atoms with E-state index in [1.54, 1.807) is 11.0 Å². The van der Waals surface area contributed by atoms with Crippen LogP contribution in [0.2, 0.25) is 0 Å². The smallest absolute Gasteiger partial charge is 0.305 e. The lowest BCUT2D eigenvalue weighted by Gasteiger charge is -2.20. The van der Waals surface area contributed by atoms with Crippen LogP contribution in [0.25, 0.3) is 0 Å². The molecule has 0 aromatic heterocycles. The lowest BCUT2D eigenvalue weighted by Crippen LogP contribution is -2.32. The maximum Gasteiger partial charge on any atom is 0.305 e. The first-order valence-corrected chi connectivity index (χ1v) is 6.32. The number of nitrogens with zero attached hydrogens (tertiary/aromatic N) is 1. The van der Waals surface area contributed by atoms with Gasteiger partial charge < -0.3 is 14.7 Å². The zero-order valence-corrected chi connectivity index (χ0v) is 10.9. The van der Waals surface area contributed by atoms with Gasteiger partial charge in [0, 0.05) is 18.7 Å². The molecule has 2 rings (SSSR count). The van der Waals surface area contributed by atoms with Crippen molar-refractivity contribution in [2.45, 2.75) is 26.6 Å². The third-order valence-corrected chi connectivity index (χ3v) is 3.23. The van der Waals surface area contributed by atoms with Crippen molar-refractivity contribution in [3.05, 3.63) is 34.9 Å². The standard InChI is InChI=1S/C14H17NO4/c1-2-15(6-5-13(16)17)14(18)10-3-4-11-8-19-9-12(11)7-10/h3-4,7H,2,5-6,8-9H2,1H3,(H,16,17). The van der Waals surface area contributed by atoms with Crippen molar-refractivity contribution in [3.63, 3.8) is 0 Å². The molecule has 19 heavy (non-hydrogen) atoms. The minimum atomic E-state index is -0.895. The van der Waals surface area contributed by atoms with E-state index < -0.39 is 5.97 Å². The van der Waals surface area contributed by atoms with Gasteiger partial charge in [-0.3, -0.25) is 9.59 Å². The normalized spacial score (nSPS) is 13.1. The largest absolute Gasteiger partial charge is 0.481 e. The third kappa shape index (κ3) is 3.12. The molecule has 0 saturated carbocycles. The number of hydrogen-bond acceptors (Lipinski definition) is 3. The number of fused-ring (bicyclic) bond motifs is 1. The Morgan fingerprint density at radius 3 is 2.74 bits per heavy atom. The summed E-state index contributed by atoms with van der Waals surface area (Å²) >= 11 is 0. The van der Waals surface area contributed by atoms with E-state index in [4.69, 9.17) is 9.84 Å². The Morgan fingerprint density at radius 1 is 1.32 bits per heavy atom. The van der Waals surface area contributed by atoms with E-state index in [2.05, 4.69) is 0 Å². The third-order valence-electron chi connectivity index (χ3n) is 3.23. The summed E-state index contributed by atoms with van der Waals surface area (Å²) in [5.41, 5.74) is 2.75. The quantitative estimate of drug-likeness (QED) is 0.877. The molecule has 0 spiro atoms. The highest BCUT2D eigenvalue weighted by molar-refractivity contribution is 5.94. The van der Waals surface area contributed by atoms with Gasteiger partial charge >= 0.3 is 5.97 Å². The van der Waals surface area contributed by atoms with Gasteiger partial charge in [0.05, 0.1) is 19.6 Å². The number of carboxylic acid groups (broad SMARTS) is 1. The van der Waals surface area contributed by atoms with Crippen molar-refractivity contribution in [2.75, 3.05) is 13.1 Å². The average molecular weight is 263 g/mol. The molecule has 1 aromatic carbocycles. The van der Waals surface area contributed by atoms with Gasteiger partial charge in [-0.1, -0.05) is 6.07 Å². The fourth-order valence-electron chi connectivity index (χ4n) is 2.12. The van der Waals surface area contributed by atoms with Crippen LogP contribution in [0, 0.1) is 0 Å². The van der Waals surface area contributed by atoms with Crippen molar-refractivity contribution in [2.24, 2.45) is 0 Å². The fraction of sp³-hybridized carbons (Fsp3) is 0.429. The second-order valence-electron chi connectivity index (χ2n) is 4.50. The lowest BCUT2D eigenvalue weighted by molar-refractivity contribution is -0.137. The first kappa shape index (κ1) is 13.5. The van der Waals surface area contributed by atoms with Crippen LogP contribution in [0.4, 0.5) is 0 Å². The molecule has 0 atom stereocenters. The highest BCUT2D eigenvalue weighted by Crippen LogP contribution is 2.21. The van der Waals surface area contributed by atoms with Gasteiger partial charge in [0.2, 0.25) is 0 Å². The van der Waals surface area contributed by atoms with Gasteiger partial charge in [-0.25, -0.2) is 0 Å². The van der Waals surface area contributed by atoms with Crippen molar-refractivity contribution in [3.8, 4) is 0 Å². The first-order chi connectivity index (χ1) is 9.11. The molecule has 0 saturated heterocycles.